The summed E-state index contributed by atoms with van der Waals surface area (Å²) in [4.78, 5) is 8.47. The van der Waals surface area contributed by atoms with E-state index in [1.165, 1.54) is 12.5 Å². The Morgan fingerprint density at radius 1 is 1.04 bits per heavy atom. The van der Waals surface area contributed by atoms with E-state index in [4.69, 9.17) is 0 Å². The second kappa shape index (κ2) is 9.81. The number of pyridine rings is 1. The second-order valence-electron chi connectivity index (χ2n) is 5.45. The van der Waals surface area contributed by atoms with Gasteiger partial charge in [0.05, 0.1) is 5.52 Å². The van der Waals surface area contributed by atoms with Crippen molar-refractivity contribution in [2.45, 2.75) is 54.0 Å². The zero-order chi connectivity index (χ0) is 18.1. The second-order valence-corrected chi connectivity index (χ2v) is 5.45. The largest absolute Gasteiger partial charge is 0.321 e. The molecule has 4 heteroatoms. The molecule has 130 valence electrons. The van der Waals surface area contributed by atoms with E-state index in [0.717, 1.165) is 16.9 Å². The summed E-state index contributed by atoms with van der Waals surface area (Å²) in [6, 6.07) is 9.03. The molecule has 0 aliphatic rings. The molecule has 3 rings (SSSR count). The van der Waals surface area contributed by atoms with E-state index >= 15 is 0 Å². The fraction of sp³-hybridized carbons (Fsp3) is 0.400. The van der Waals surface area contributed by atoms with Gasteiger partial charge in [0.1, 0.15) is 11.3 Å². The SMILES string of the molecule is CC.CC(C)n1c(-c2ccncc2)nc2c(F)cccc21.CCC. The molecular formula is C20H28FN3. The lowest BCUT2D eigenvalue weighted by atomic mass is 10.2. The van der Waals surface area contributed by atoms with Gasteiger partial charge in [0, 0.05) is 24.0 Å². The maximum Gasteiger partial charge on any atom is 0.151 e. The fourth-order valence-corrected chi connectivity index (χ4v) is 2.31. The highest BCUT2D eigenvalue weighted by Gasteiger charge is 2.16. The highest BCUT2D eigenvalue weighted by Crippen LogP contribution is 2.29. The molecule has 2 aromatic heterocycles. The number of aromatic nitrogens is 3. The van der Waals surface area contributed by atoms with Gasteiger partial charge in [-0.2, -0.15) is 0 Å². The van der Waals surface area contributed by atoms with Crippen molar-refractivity contribution in [1.29, 1.82) is 0 Å². The quantitative estimate of drug-likeness (QED) is 0.555. The number of nitrogens with zero attached hydrogens (tertiary/aromatic N) is 3. The van der Waals surface area contributed by atoms with Gasteiger partial charge in [-0.1, -0.05) is 40.2 Å². The average molecular weight is 329 g/mol. The molecule has 3 nitrogen and oxygen atoms in total. The number of halogens is 1. The normalized spacial score (nSPS) is 10.0. The molecule has 0 fully saturated rings. The molecule has 3 aromatic rings. The van der Waals surface area contributed by atoms with Crippen molar-refractivity contribution in [1.82, 2.24) is 14.5 Å². The third-order valence-corrected chi connectivity index (χ3v) is 3.13. The standard InChI is InChI=1S/C15H14FN3.C3H8.C2H6/c1-10(2)19-13-5-3-4-12(16)14(13)18-15(19)11-6-8-17-9-7-11;1-3-2;1-2/h3-10H,1-2H3;3H2,1-2H3;1-2H3. The predicted molar refractivity (Wildman–Crippen MR) is 101 cm³/mol. The van der Waals surface area contributed by atoms with Crippen LogP contribution in [0.25, 0.3) is 22.4 Å². The van der Waals surface area contributed by atoms with Gasteiger partial charge in [0.25, 0.3) is 0 Å². The summed E-state index contributed by atoms with van der Waals surface area (Å²) in [5, 5.41) is 0. The van der Waals surface area contributed by atoms with Crippen molar-refractivity contribution in [3.8, 4) is 11.4 Å². The molecule has 24 heavy (non-hydrogen) atoms. The van der Waals surface area contributed by atoms with Crippen LogP contribution in [-0.2, 0) is 0 Å². The van der Waals surface area contributed by atoms with Gasteiger partial charge in [-0.3, -0.25) is 4.98 Å². The zero-order valence-corrected chi connectivity index (χ0v) is 15.5. The molecule has 0 N–H and O–H groups in total. The lowest BCUT2D eigenvalue weighted by molar-refractivity contribution is 0.623. The summed E-state index contributed by atoms with van der Waals surface area (Å²) in [6.07, 6.45) is 4.69. The minimum absolute atomic E-state index is 0.204. The van der Waals surface area contributed by atoms with E-state index in [1.54, 1.807) is 18.5 Å². The summed E-state index contributed by atoms with van der Waals surface area (Å²) in [5.41, 5.74) is 2.18. The number of hydrogen-bond acceptors (Lipinski definition) is 2. The van der Waals surface area contributed by atoms with Gasteiger partial charge in [0.2, 0.25) is 0 Å². The first kappa shape index (κ1) is 19.8. The van der Waals surface area contributed by atoms with E-state index in [9.17, 15) is 4.39 Å². The Kier molecular flexibility index (Phi) is 8.10. The first-order valence-electron chi connectivity index (χ1n) is 8.66. The third kappa shape index (κ3) is 4.40. The monoisotopic (exact) mass is 329 g/mol. The number of imidazole rings is 1. The molecule has 0 radical (unpaired) electrons. The van der Waals surface area contributed by atoms with Gasteiger partial charge in [-0.25, -0.2) is 9.37 Å². The van der Waals surface area contributed by atoms with Crippen LogP contribution in [0.3, 0.4) is 0 Å². The molecule has 0 unspecified atom stereocenters. The maximum atomic E-state index is 13.9. The van der Waals surface area contributed by atoms with Crippen LogP contribution in [-0.4, -0.2) is 14.5 Å². The molecule has 0 amide bonds. The Labute approximate surface area is 144 Å². The molecule has 0 saturated heterocycles. The number of rotatable bonds is 2. The molecule has 0 bridgehead atoms. The van der Waals surface area contributed by atoms with E-state index in [0.29, 0.717) is 5.52 Å². The summed E-state index contributed by atoms with van der Waals surface area (Å²) in [5.74, 6) is 0.490. The van der Waals surface area contributed by atoms with Gasteiger partial charge in [0.15, 0.2) is 5.82 Å². The third-order valence-electron chi connectivity index (χ3n) is 3.13. The first-order valence-corrected chi connectivity index (χ1v) is 8.66. The Hall–Kier alpha value is -2.23. The van der Waals surface area contributed by atoms with Crippen LogP contribution in [0.15, 0.2) is 42.7 Å². The Balaban J connectivity index is 0.000000521. The van der Waals surface area contributed by atoms with Gasteiger partial charge < -0.3 is 4.57 Å². The van der Waals surface area contributed by atoms with Crippen molar-refractivity contribution in [2.24, 2.45) is 0 Å². The minimum Gasteiger partial charge on any atom is -0.321 e. The van der Waals surface area contributed by atoms with Gasteiger partial charge in [-0.15, -0.1) is 0 Å². The molecule has 0 spiro atoms. The zero-order valence-electron chi connectivity index (χ0n) is 15.5. The number of para-hydroxylation sites is 1. The summed E-state index contributed by atoms with van der Waals surface area (Å²) >= 11 is 0. The molecule has 2 heterocycles. The molecule has 1 aromatic carbocycles. The Bertz CT molecular complexity index is 733. The van der Waals surface area contributed by atoms with Crippen LogP contribution in [0.2, 0.25) is 0 Å². The van der Waals surface area contributed by atoms with Gasteiger partial charge >= 0.3 is 0 Å². The predicted octanol–water partition coefficient (Wildman–Crippen LogP) is 6.26. The molecular weight excluding hydrogens is 301 g/mol. The lowest BCUT2D eigenvalue weighted by Crippen LogP contribution is -2.03. The van der Waals surface area contributed by atoms with Crippen LogP contribution < -0.4 is 0 Å². The Morgan fingerprint density at radius 3 is 2.17 bits per heavy atom. The summed E-state index contributed by atoms with van der Waals surface area (Å²) in [6.45, 7) is 12.4. The minimum atomic E-state index is -0.285. The molecule has 0 saturated carbocycles. The van der Waals surface area contributed by atoms with Crippen LogP contribution >= 0.6 is 0 Å². The van der Waals surface area contributed by atoms with E-state index in [1.807, 2.05) is 36.6 Å². The number of benzene rings is 1. The van der Waals surface area contributed by atoms with Crippen molar-refractivity contribution < 1.29 is 4.39 Å². The van der Waals surface area contributed by atoms with Crippen LogP contribution in [0.5, 0.6) is 0 Å². The van der Waals surface area contributed by atoms with Crippen LogP contribution in [0, 0.1) is 5.82 Å². The smallest absolute Gasteiger partial charge is 0.151 e. The van der Waals surface area contributed by atoms with E-state index in [-0.39, 0.29) is 11.9 Å². The van der Waals surface area contributed by atoms with Crippen LogP contribution in [0.4, 0.5) is 4.39 Å². The van der Waals surface area contributed by atoms with E-state index in [2.05, 4.69) is 37.7 Å². The van der Waals surface area contributed by atoms with Gasteiger partial charge in [-0.05, 0) is 38.1 Å². The Morgan fingerprint density at radius 2 is 1.62 bits per heavy atom. The number of fused-ring (bicyclic) bond motifs is 1. The maximum absolute atomic E-state index is 13.9. The summed E-state index contributed by atoms with van der Waals surface area (Å²) in [7, 11) is 0. The van der Waals surface area contributed by atoms with Crippen molar-refractivity contribution in [3.63, 3.8) is 0 Å². The fourth-order valence-electron chi connectivity index (χ4n) is 2.31. The molecule has 0 aliphatic carbocycles. The van der Waals surface area contributed by atoms with Crippen molar-refractivity contribution in [2.75, 3.05) is 0 Å². The highest BCUT2D eigenvalue weighted by atomic mass is 19.1. The van der Waals surface area contributed by atoms with Crippen molar-refractivity contribution >= 4 is 11.0 Å². The molecule has 0 aliphatic heterocycles. The first-order chi connectivity index (χ1) is 11.6. The summed E-state index contributed by atoms with van der Waals surface area (Å²) < 4.78 is 15.9. The number of hydrogen-bond donors (Lipinski definition) is 0. The van der Waals surface area contributed by atoms with Crippen LogP contribution in [0.1, 0.15) is 54.0 Å². The molecule has 0 atom stereocenters. The highest BCUT2D eigenvalue weighted by molar-refractivity contribution is 5.81. The van der Waals surface area contributed by atoms with Crippen molar-refractivity contribution in [3.05, 3.63) is 48.5 Å². The topological polar surface area (TPSA) is 30.7 Å². The van der Waals surface area contributed by atoms with E-state index < -0.39 is 0 Å². The lowest BCUT2D eigenvalue weighted by Gasteiger charge is -2.12. The average Bonchev–Trinajstić information content (AvgIpc) is 2.99.